The van der Waals surface area contributed by atoms with E-state index < -0.39 is 17.9 Å². The van der Waals surface area contributed by atoms with Gasteiger partial charge in [0.1, 0.15) is 0 Å². The monoisotopic (exact) mass is 290 g/mol. The highest BCUT2D eigenvalue weighted by molar-refractivity contribution is 6.07. The lowest BCUT2D eigenvalue weighted by atomic mass is 10.1. The largest absolute Gasteiger partial charge is 0.504 e. The molecule has 0 aliphatic carbocycles. The third-order valence-electron chi connectivity index (χ3n) is 2.81. The van der Waals surface area contributed by atoms with Crippen molar-refractivity contribution in [3.63, 3.8) is 0 Å². The molecular formula is C13H16N5O3+. The molecule has 0 heterocycles. The number of diazo groups is 1. The lowest BCUT2D eigenvalue weighted by Gasteiger charge is -2.15. The topological polar surface area (TPSA) is 133 Å². The van der Waals surface area contributed by atoms with Crippen molar-refractivity contribution in [2.45, 2.75) is 19.4 Å². The van der Waals surface area contributed by atoms with E-state index in [0.29, 0.717) is 6.42 Å². The van der Waals surface area contributed by atoms with Crippen LogP contribution in [0.2, 0.25) is 0 Å². The highest BCUT2D eigenvalue weighted by Crippen LogP contribution is 2.11. The summed E-state index contributed by atoms with van der Waals surface area (Å²) in [7, 11) is 0. The molecule has 0 aromatic heterocycles. The van der Waals surface area contributed by atoms with Crippen LogP contribution in [0.4, 0.5) is 0 Å². The van der Waals surface area contributed by atoms with Crippen molar-refractivity contribution >= 4 is 11.8 Å². The van der Waals surface area contributed by atoms with Gasteiger partial charge in [0.15, 0.2) is 4.98 Å². The zero-order valence-electron chi connectivity index (χ0n) is 11.4. The number of aliphatic hydroxyl groups excluding tert-OH is 1. The molecule has 1 aromatic rings. The van der Waals surface area contributed by atoms with Crippen molar-refractivity contribution in [1.82, 2.24) is 10.7 Å². The molecule has 1 aromatic carbocycles. The first-order valence-corrected chi connectivity index (χ1v) is 6.19. The van der Waals surface area contributed by atoms with Crippen LogP contribution >= 0.6 is 0 Å². The summed E-state index contributed by atoms with van der Waals surface area (Å²) in [5.41, 5.74) is 2.19. The number of nitrogens with two attached hydrogens (primary N) is 1. The molecule has 0 spiro atoms. The molecule has 1 atom stereocenters. The molecular weight excluding hydrogens is 274 g/mol. The van der Waals surface area contributed by atoms with E-state index in [2.05, 4.69) is 10.3 Å². The quantitative estimate of drug-likeness (QED) is 0.211. The van der Waals surface area contributed by atoms with Crippen molar-refractivity contribution in [1.29, 1.82) is 5.39 Å². The van der Waals surface area contributed by atoms with Gasteiger partial charge in [-0.3, -0.25) is 15.0 Å². The second-order valence-corrected chi connectivity index (χ2v) is 4.12. The van der Waals surface area contributed by atoms with Gasteiger partial charge in [-0.05, 0) is 18.6 Å². The summed E-state index contributed by atoms with van der Waals surface area (Å²) in [5.74, 6) is 3.62. The van der Waals surface area contributed by atoms with E-state index in [1.807, 2.05) is 5.43 Å². The van der Waals surface area contributed by atoms with Crippen molar-refractivity contribution < 1.29 is 14.7 Å². The lowest BCUT2D eigenvalue weighted by Crippen LogP contribution is -2.38. The highest BCUT2D eigenvalue weighted by atomic mass is 16.3. The Morgan fingerprint density at radius 1 is 1.38 bits per heavy atom. The minimum absolute atomic E-state index is 0.114. The average Bonchev–Trinajstić information content (AvgIpc) is 2.51. The highest BCUT2D eigenvalue weighted by Gasteiger charge is 2.21. The first kappa shape index (κ1) is 16.1. The molecule has 8 heteroatoms. The number of hydrogen-bond acceptors (Lipinski definition) is 5. The Hall–Kier alpha value is -2.92. The number of carbonyl (C=O) groups excluding carboxylic acids is 2. The molecule has 1 rings (SSSR count). The summed E-state index contributed by atoms with van der Waals surface area (Å²) in [5, 5.41) is 20.6. The Bertz CT molecular complexity index is 606. The number of nitrogens with zero attached hydrogens (tertiary/aromatic N) is 2. The number of nitrogen functional groups attached to an aromatic ring is 1. The van der Waals surface area contributed by atoms with Gasteiger partial charge in [-0.1, -0.05) is 19.1 Å². The predicted molar refractivity (Wildman–Crippen MR) is 75.4 cm³/mol. The van der Waals surface area contributed by atoms with E-state index in [9.17, 15) is 14.7 Å². The first-order chi connectivity index (χ1) is 10.0. The van der Waals surface area contributed by atoms with Crippen LogP contribution in [0, 0.1) is 5.39 Å². The normalized spacial score (nSPS) is 12.1. The predicted octanol–water partition coefficient (Wildman–Crippen LogP) is 1.05. The number of hydrogen-bond donors (Lipinski definition) is 4. The first-order valence-electron chi connectivity index (χ1n) is 6.19. The maximum absolute atomic E-state index is 12.2. The van der Waals surface area contributed by atoms with Gasteiger partial charge in [0.25, 0.3) is 11.8 Å². The standard InChI is InChI=1S/C13H15N5O3/c1-2-10(11(19)7-16-14)17-12(20)8-5-3-4-6-9(8)13(21)18-15/h3-7,10,14-15H,2H2,1H3,(H2,17,19,20)/p+1. The minimum Gasteiger partial charge on any atom is -0.504 e. The van der Waals surface area contributed by atoms with Gasteiger partial charge >= 0.3 is 6.20 Å². The van der Waals surface area contributed by atoms with Crippen LogP contribution in [-0.4, -0.2) is 23.0 Å². The van der Waals surface area contributed by atoms with Crippen LogP contribution in [0.3, 0.4) is 0 Å². The molecule has 0 radical (unpaired) electrons. The number of carbonyl (C=O) groups is 2. The molecule has 8 nitrogen and oxygen atoms in total. The number of amides is 2. The van der Waals surface area contributed by atoms with Gasteiger partial charge in [-0.15, -0.1) is 0 Å². The van der Waals surface area contributed by atoms with E-state index in [4.69, 9.17) is 11.2 Å². The summed E-state index contributed by atoms with van der Waals surface area (Å²) in [6, 6.07) is 5.38. The molecule has 5 N–H and O–H groups in total. The maximum Gasteiger partial charge on any atom is 0.389 e. The van der Waals surface area contributed by atoms with Gasteiger partial charge in [0.2, 0.25) is 11.2 Å². The van der Waals surface area contributed by atoms with Gasteiger partial charge in [0.05, 0.1) is 17.2 Å². The summed E-state index contributed by atoms with van der Waals surface area (Å²) in [6.45, 7) is 1.73. The smallest absolute Gasteiger partial charge is 0.389 e. The van der Waals surface area contributed by atoms with E-state index in [-0.39, 0.29) is 16.9 Å². The zero-order valence-corrected chi connectivity index (χ0v) is 11.4. The van der Waals surface area contributed by atoms with Crippen molar-refractivity contribution in [3.8, 4) is 0 Å². The molecule has 0 fully saturated rings. The fourth-order valence-electron chi connectivity index (χ4n) is 1.73. The number of aliphatic hydroxyl groups is 1. The van der Waals surface area contributed by atoms with Gasteiger partial charge in [-0.25, -0.2) is 5.84 Å². The fraction of sp³-hybridized carbons (Fsp3) is 0.231. The second-order valence-electron chi connectivity index (χ2n) is 4.12. The van der Waals surface area contributed by atoms with Crippen LogP contribution in [0.25, 0.3) is 4.98 Å². The molecule has 1 unspecified atom stereocenters. The minimum atomic E-state index is -0.734. The summed E-state index contributed by atoms with van der Waals surface area (Å²) >= 11 is 0. The fourth-order valence-corrected chi connectivity index (χ4v) is 1.73. The van der Waals surface area contributed by atoms with Crippen LogP contribution in [0.15, 0.2) is 36.2 Å². The Morgan fingerprint density at radius 2 is 1.95 bits per heavy atom. The average molecular weight is 290 g/mol. The molecule has 0 aliphatic rings. The molecule has 0 aliphatic heterocycles. The summed E-state index contributed by atoms with van der Waals surface area (Å²) < 4.78 is 0. The van der Waals surface area contributed by atoms with Crippen molar-refractivity contribution in [2.24, 2.45) is 5.84 Å². The van der Waals surface area contributed by atoms with Crippen LogP contribution < -0.4 is 16.6 Å². The van der Waals surface area contributed by atoms with Crippen molar-refractivity contribution in [3.05, 3.63) is 52.3 Å². The van der Waals surface area contributed by atoms with Gasteiger partial charge in [0, 0.05) is 0 Å². The Labute approximate surface area is 121 Å². The number of benzene rings is 1. The molecule has 2 amide bonds. The number of hydrazine groups is 1. The Balaban J connectivity index is 3.02. The third kappa shape index (κ3) is 4.02. The number of rotatable bonds is 5. The van der Waals surface area contributed by atoms with E-state index >= 15 is 0 Å². The summed E-state index contributed by atoms with van der Waals surface area (Å²) in [4.78, 5) is 26.5. The van der Waals surface area contributed by atoms with Crippen LogP contribution in [-0.2, 0) is 0 Å². The Morgan fingerprint density at radius 3 is 2.43 bits per heavy atom. The van der Waals surface area contributed by atoms with Crippen LogP contribution in [0.1, 0.15) is 34.1 Å². The van der Waals surface area contributed by atoms with Gasteiger partial charge < -0.3 is 10.4 Å². The van der Waals surface area contributed by atoms with Gasteiger partial charge in [-0.2, -0.15) is 0 Å². The molecule has 0 bridgehead atoms. The summed E-state index contributed by atoms with van der Waals surface area (Å²) in [6.07, 6.45) is 1.20. The lowest BCUT2D eigenvalue weighted by molar-refractivity contribution is 0.0907. The van der Waals surface area contributed by atoms with E-state index in [0.717, 1.165) is 6.20 Å². The second kappa shape index (κ2) is 7.62. The van der Waals surface area contributed by atoms with Crippen LogP contribution in [0.5, 0.6) is 0 Å². The SMILES string of the molecule is CCC(NC(=O)c1ccccc1C(=O)NN)C(O)=C[N+]#N. The molecule has 110 valence electrons. The molecule has 0 saturated heterocycles. The number of nitrogens with one attached hydrogen (secondary N) is 2. The Kier molecular flexibility index (Phi) is 5.85. The maximum atomic E-state index is 12.2. The molecule has 21 heavy (non-hydrogen) atoms. The van der Waals surface area contributed by atoms with Crippen molar-refractivity contribution in [2.75, 3.05) is 0 Å². The molecule has 0 saturated carbocycles. The third-order valence-corrected chi connectivity index (χ3v) is 2.81. The zero-order chi connectivity index (χ0) is 15.8. The van der Waals surface area contributed by atoms with E-state index in [1.54, 1.807) is 19.1 Å². The van der Waals surface area contributed by atoms with E-state index in [1.165, 1.54) is 12.1 Å².